The molecule has 1 N–H and O–H groups in total. The van der Waals surface area contributed by atoms with Gasteiger partial charge in [0, 0.05) is 36.3 Å². The van der Waals surface area contributed by atoms with E-state index in [4.69, 9.17) is 9.84 Å². The van der Waals surface area contributed by atoms with Crippen molar-refractivity contribution in [1.29, 1.82) is 0 Å². The number of fused-ring (bicyclic) bond motifs is 1. The molecule has 6 heteroatoms. The van der Waals surface area contributed by atoms with Crippen molar-refractivity contribution < 1.29 is 19.4 Å². The Morgan fingerprint density at radius 2 is 2.14 bits per heavy atom. The van der Waals surface area contributed by atoms with Gasteiger partial charge in [0.2, 0.25) is 0 Å². The number of carbonyl (C=O) groups excluding carboxylic acids is 1. The number of hydrogen-bond acceptors (Lipinski definition) is 3. The predicted octanol–water partition coefficient (Wildman–Crippen LogP) is 1.10. The van der Waals surface area contributed by atoms with E-state index in [1.165, 1.54) is 0 Å². The zero-order valence-electron chi connectivity index (χ0n) is 11.7. The summed E-state index contributed by atoms with van der Waals surface area (Å²) in [6.07, 6.45) is 0.957. The van der Waals surface area contributed by atoms with Crippen LogP contribution in [0.5, 0.6) is 0 Å². The summed E-state index contributed by atoms with van der Waals surface area (Å²) in [5.41, 5.74) is 1.57. The maximum absolute atomic E-state index is 12.7. The summed E-state index contributed by atoms with van der Waals surface area (Å²) in [6.45, 7) is 0.733. The molecule has 0 radical (unpaired) electrons. The van der Waals surface area contributed by atoms with E-state index in [-0.39, 0.29) is 19.1 Å². The van der Waals surface area contributed by atoms with Gasteiger partial charge < -0.3 is 19.3 Å². The van der Waals surface area contributed by atoms with Gasteiger partial charge in [0.25, 0.3) is 5.91 Å². The third kappa shape index (κ3) is 2.38. The molecule has 1 aromatic heterocycles. The number of aliphatic carboxylic acids is 1. The van der Waals surface area contributed by atoms with Crippen LogP contribution in [0.1, 0.15) is 10.4 Å². The molecule has 1 unspecified atom stereocenters. The van der Waals surface area contributed by atoms with Gasteiger partial charge in [0.15, 0.2) is 6.10 Å². The summed E-state index contributed by atoms with van der Waals surface area (Å²) in [5.74, 6) is -1.19. The second-order valence-electron chi connectivity index (χ2n) is 5.11. The number of hydrogen-bond donors (Lipinski definition) is 1. The fourth-order valence-electron chi connectivity index (χ4n) is 2.64. The van der Waals surface area contributed by atoms with E-state index in [0.717, 1.165) is 10.9 Å². The molecule has 1 amide bonds. The molecular weight excluding hydrogens is 272 g/mol. The quantitative estimate of drug-likeness (QED) is 0.898. The van der Waals surface area contributed by atoms with Crippen molar-refractivity contribution in [3.8, 4) is 0 Å². The van der Waals surface area contributed by atoms with E-state index in [2.05, 4.69) is 0 Å². The Bertz CT molecular complexity index is 707. The Balaban J connectivity index is 1.92. The van der Waals surface area contributed by atoms with Crippen molar-refractivity contribution >= 4 is 22.8 Å². The van der Waals surface area contributed by atoms with Crippen molar-refractivity contribution in [2.45, 2.75) is 6.10 Å². The number of carboxylic acid groups (broad SMARTS) is 1. The summed E-state index contributed by atoms with van der Waals surface area (Å²) >= 11 is 0. The number of aromatic nitrogens is 1. The van der Waals surface area contributed by atoms with Gasteiger partial charge in [0.05, 0.1) is 13.2 Å². The Hall–Kier alpha value is -2.34. The van der Waals surface area contributed by atoms with Gasteiger partial charge in [-0.15, -0.1) is 0 Å². The Morgan fingerprint density at radius 3 is 2.90 bits per heavy atom. The van der Waals surface area contributed by atoms with E-state index in [1.807, 2.05) is 36.0 Å². The zero-order valence-corrected chi connectivity index (χ0v) is 11.7. The maximum Gasteiger partial charge on any atom is 0.334 e. The molecule has 2 heterocycles. The Labute approximate surface area is 121 Å². The van der Waals surface area contributed by atoms with Crippen LogP contribution in [0.2, 0.25) is 0 Å². The molecule has 1 aliphatic rings. The molecule has 1 saturated heterocycles. The number of morpholine rings is 1. The first-order chi connectivity index (χ1) is 10.1. The molecule has 1 aromatic carbocycles. The molecule has 110 valence electrons. The lowest BCUT2D eigenvalue weighted by atomic mass is 10.1. The van der Waals surface area contributed by atoms with Crippen LogP contribution in [-0.2, 0) is 16.6 Å². The van der Waals surface area contributed by atoms with E-state index < -0.39 is 12.1 Å². The monoisotopic (exact) mass is 288 g/mol. The lowest BCUT2D eigenvalue weighted by molar-refractivity contribution is -0.154. The molecule has 0 spiro atoms. The fraction of sp³-hybridized carbons (Fsp3) is 0.333. The number of benzene rings is 1. The molecule has 6 nitrogen and oxygen atoms in total. The van der Waals surface area contributed by atoms with E-state index in [0.29, 0.717) is 12.1 Å². The summed E-state index contributed by atoms with van der Waals surface area (Å²) in [5, 5.41) is 9.90. The zero-order chi connectivity index (χ0) is 15.0. The highest BCUT2D eigenvalue weighted by Gasteiger charge is 2.30. The highest BCUT2D eigenvalue weighted by Crippen LogP contribution is 2.21. The van der Waals surface area contributed by atoms with E-state index in [1.54, 1.807) is 11.0 Å². The summed E-state index contributed by atoms with van der Waals surface area (Å²) in [4.78, 5) is 25.2. The van der Waals surface area contributed by atoms with E-state index in [9.17, 15) is 9.59 Å². The third-order valence-electron chi connectivity index (χ3n) is 3.79. The number of carbonyl (C=O) groups is 2. The van der Waals surface area contributed by atoms with Crippen molar-refractivity contribution in [2.24, 2.45) is 7.05 Å². The van der Waals surface area contributed by atoms with Gasteiger partial charge in [-0.05, 0) is 18.2 Å². The van der Waals surface area contributed by atoms with Crippen LogP contribution in [0.15, 0.2) is 30.5 Å². The number of carboxylic acids is 1. The fourth-order valence-corrected chi connectivity index (χ4v) is 2.64. The van der Waals surface area contributed by atoms with E-state index >= 15 is 0 Å². The molecule has 1 atom stereocenters. The standard InChI is InChI=1S/C15H16N2O4/c1-16-6-5-10-11(3-2-4-12(10)16)14(18)17-7-8-21-13(9-17)15(19)20/h2-6,13H,7-9H2,1H3,(H,19,20). The Morgan fingerprint density at radius 1 is 1.33 bits per heavy atom. The average Bonchev–Trinajstić information content (AvgIpc) is 2.88. The number of rotatable bonds is 2. The Kier molecular flexibility index (Phi) is 3.39. The smallest absolute Gasteiger partial charge is 0.334 e. The molecule has 0 saturated carbocycles. The lowest BCUT2D eigenvalue weighted by Gasteiger charge is -2.31. The van der Waals surface area contributed by atoms with Crippen LogP contribution in [0, 0.1) is 0 Å². The van der Waals surface area contributed by atoms with Crippen LogP contribution in [0.4, 0.5) is 0 Å². The van der Waals surface area contributed by atoms with Gasteiger partial charge >= 0.3 is 5.97 Å². The average molecular weight is 288 g/mol. The topological polar surface area (TPSA) is 71.8 Å². The molecule has 2 aromatic rings. The van der Waals surface area contributed by atoms with Gasteiger partial charge in [-0.1, -0.05) is 6.07 Å². The minimum Gasteiger partial charge on any atom is -0.479 e. The number of amides is 1. The first-order valence-electron chi connectivity index (χ1n) is 6.75. The molecule has 0 aliphatic carbocycles. The van der Waals surface area contributed by atoms with Crippen LogP contribution in [0.25, 0.3) is 10.9 Å². The van der Waals surface area contributed by atoms with Crippen molar-refractivity contribution in [3.63, 3.8) is 0 Å². The molecule has 21 heavy (non-hydrogen) atoms. The summed E-state index contributed by atoms with van der Waals surface area (Å²) < 4.78 is 7.10. The highest BCUT2D eigenvalue weighted by molar-refractivity contribution is 6.06. The first kappa shape index (κ1) is 13.6. The van der Waals surface area contributed by atoms with Gasteiger partial charge in [-0.3, -0.25) is 4.79 Å². The lowest BCUT2D eigenvalue weighted by Crippen LogP contribution is -2.48. The van der Waals surface area contributed by atoms with Gasteiger partial charge in [0.1, 0.15) is 0 Å². The molecular formula is C15H16N2O4. The third-order valence-corrected chi connectivity index (χ3v) is 3.79. The second kappa shape index (κ2) is 5.21. The first-order valence-corrected chi connectivity index (χ1v) is 6.75. The van der Waals surface area contributed by atoms with Gasteiger partial charge in [-0.25, -0.2) is 4.79 Å². The SMILES string of the molecule is Cn1ccc2c(C(=O)N3CCOC(C(=O)O)C3)cccc21. The predicted molar refractivity (Wildman–Crippen MR) is 76.2 cm³/mol. The largest absolute Gasteiger partial charge is 0.479 e. The normalized spacial score (nSPS) is 18.9. The number of nitrogens with zero attached hydrogens (tertiary/aromatic N) is 2. The minimum atomic E-state index is -1.04. The van der Waals surface area contributed by atoms with Crippen LogP contribution in [-0.4, -0.2) is 52.3 Å². The van der Waals surface area contributed by atoms with Crippen molar-refractivity contribution in [1.82, 2.24) is 9.47 Å². The second-order valence-corrected chi connectivity index (χ2v) is 5.11. The van der Waals surface area contributed by atoms with Crippen LogP contribution >= 0.6 is 0 Å². The van der Waals surface area contributed by atoms with Gasteiger partial charge in [-0.2, -0.15) is 0 Å². The van der Waals surface area contributed by atoms with Crippen LogP contribution in [0.3, 0.4) is 0 Å². The summed E-state index contributed by atoms with van der Waals surface area (Å²) in [7, 11) is 1.92. The number of ether oxygens (including phenoxy) is 1. The van der Waals surface area contributed by atoms with Crippen molar-refractivity contribution in [3.05, 3.63) is 36.0 Å². The van der Waals surface area contributed by atoms with Crippen LogP contribution < -0.4 is 0 Å². The highest BCUT2D eigenvalue weighted by atomic mass is 16.5. The summed E-state index contributed by atoms with van der Waals surface area (Å²) in [6, 6.07) is 7.46. The number of aryl methyl sites for hydroxylation is 1. The minimum absolute atomic E-state index is 0.0807. The molecule has 3 rings (SSSR count). The molecule has 1 aliphatic heterocycles. The molecule has 0 bridgehead atoms. The maximum atomic E-state index is 12.7. The molecule has 1 fully saturated rings. The van der Waals surface area contributed by atoms with Crippen molar-refractivity contribution in [2.75, 3.05) is 19.7 Å².